The smallest absolute Gasteiger partial charge is 0.370 e. The van der Waals surface area contributed by atoms with Crippen molar-refractivity contribution in [2.24, 2.45) is 4.99 Å². The number of dihydropyridines is 1. The summed E-state index contributed by atoms with van der Waals surface area (Å²) in [7, 11) is 0. The van der Waals surface area contributed by atoms with Gasteiger partial charge in [-0.2, -0.15) is 18.3 Å². The first-order valence-corrected chi connectivity index (χ1v) is 10.9. The summed E-state index contributed by atoms with van der Waals surface area (Å²) in [4.78, 5) is 18.8. The Labute approximate surface area is 184 Å². The number of halogens is 4. The maximum Gasteiger partial charge on any atom is 0.432 e. The molecule has 4 rings (SSSR count). The Kier molecular flexibility index (Phi) is 6.16. The lowest BCUT2D eigenvalue weighted by Crippen LogP contribution is -2.40. The molecule has 166 valence electrons. The molecule has 2 aliphatic rings. The number of ether oxygens (including phenoxy) is 1. The predicted octanol–water partition coefficient (Wildman–Crippen LogP) is 4.59. The molecule has 1 fully saturated rings. The number of alkyl halides is 3. The minimum atomic E-state index is -4.71. The van der Waals surface area contributed by atoms with Crippen LogP contribution in [0.5, 0.6) is 0 Å². The highest BCUT2D eigenvalue weighted by molar-refractivity contribution is 9.10. The number of nitrogens with zero attached hydrogens (tertiary/aromatic N) is 4. The third-order valence-electron chi connectivity index (χ3n) is 5.44. The van der Waals surface area contributed by atoms with E-state index >= 15 is 0 Å². The summed E-state index contributed by atoms with van der Waals surface area (Å²) in [6.45, 7) is 2.74. The lowest BCUT2D eigenvalue weighted by atomic mass is 9.92. The van der Waals surface area contributed by atoms with Crippen molar-refractivity contribution in [3.63, 3.8) is 0 Å². The van der Waals surface area contributed by atoms with Crippen molar-refractivity contribution >= 4 is 44.3 Å². The number of pyridine rings is 1. The van der Waals surface area contributed by atoms with Gasteiger partial charge in [0.25, 0.3) is 5.91 Å². The Morgan fingerprint density at radius 3 is 2.71 bits per heavy atom. The molecule has 2 aromatic rings. The van der Waals surface area contributed by atoms with Crippen LogP contribution in [0.15, 0.2) is 34.0 Å². The fourth-order valence-electron chi connectivity index (χ4n) is 4.00. The van der Waals surface area contributed by atoms with Crippen LogP contribution in [0.3, 0.4) is 0 Å². The Bertz CT molecular complexity index is 1040. The van der Waals surface area contributed by atoms with Gasteiger partial charge in [0, 0.05) is 24.9 Å². The monoisotopic (exact) mass is 499 g/mol. The van der Waals surface area contributed by atoms with E-state index in [1.807, 2.05) is 17.7 Å². The zero-order chi connectivity index (χ0) is 22.2. The summed E-state index contributed by atoms with van der Waals surface area (Å²) in [6.07, 6.45) is 0.0959. The largest absolute Gasteiger partial charge is 0.432 e. The number of hydrogen-bond acceptors (Lipinski definition) is 5. The molecule has 0 bridgehead atoms. The van der Waals surface area contributed by atoms with E-state index in [0.29, 0.717) is 30.3 Å². The molecular formula is C20H21BrF3N5O2. The highest BCUT2D eigenvalue weighted by Crippen LogP contribution is 2.36. The number of anilines is 1. The Balaban J connectivity index is 1.46. The SMILES string of the molecule is CCNc1cc2c(cn1)c(Br)nn2C1CCC(OC2C=CC(=O)N=C2C(F)(F)F)CC1. The highest BCUT2D eigenvalue weighted by Gasteiger charge is 2.43. The second-order valence-corrected chi connectivity index (χ2v) is 8.28. The molecule has 0 aromatic carbocycles. The van der Waals surface area contributed by atoms with Gasteiger partial charge in [-0.05, 0) is 54.6 Å². The van der Waals surface area contributed by atoms with Crippen LogP contribution in [0.1, 0.15) is 38.6 Å². The first-order valence-electron chi connectivity index (χ1n) is 10.1. The molecule has 7 nitrogen and oxygen atoms in total. The molecule has 0 spiro atoms. The molecule has 1 amide bonds. The van der Waals surface area contributed by atoms with Gasteiger partial charge in [-0.3, -0.25) is 9.48 Å². The standard InChI is InChI=1S/C20H21BrF3N5O2/c1-2-25-16-9-14-13(10-26-16)19(21)28-29(14)11-3-5-12(6-4-11)31-15-7-8-17(30)27-18(15)20(22,23)24/h7-12,15H,2-6H2,1H3,(H,25,26). The van der Waals surface area contributed by atoms with Gasteiger partial charge in [0.15, 0.2) is 5.71 Å². The van der Waals surface area contributed by atoms with Gasteiger partial charge >= 0.3 is 6.18 Å². The van der Waals surface area contributed by atoms with Crippen molar-refractivity contribution in [1.82, 2.24) is 14.8 Å². The number of aliphatic imine (C=N–C) groups is 1. The number of carbonyl (C=O) groups is 1. The van der Waals surface area contributed by atoms with E-state index in [9.17, 15) is 18.0 Å². The van der Waals surface area contributed by atoms with Crippen LogP contribution in [-0.4, -0.2) is 51.3 Å². The molecule has 2 aromatic heterocycles. The van der Waals surface area contributed by atoms with Crippen LogP contribution in [0.2, 0.25) is 0 Å². The topological polar surface area (TPSA) is 81.4 Å². The summed E-state index contributed by atoms with van der Waals surface area (Å²) in [5, 5.41) is 8.71. The van der Waals surface area contributed by atoms with Crippen LogP contribution in [0, 0.1) is 0 Å². The van der Waals surface area contributed by atoms with E-state index in [4.69, 9.17) is 4.74 Å². The molecule has 1 aliphatic carbocycles. The van der Waals surface area contributed by atoms with Crippen molar-refractivity contribution in [3.05, 3.63) is 29.0 Å². The molecule has 0 radical (unpaired) electrons. The number of aromatic nitrogens is 3. The molecule has 1 atom stereocenters. The maximum atomic E-state index is 13.2. The van der Waals surface area contributed by atoms with Crippen LogP contribution in [0.4, 0.5) is 19.0 Å². The summed E-state index contributed by atoms with van der Waals surface area (Å²) < 4.78 is 48.0. The van der Waals surface area contributed by atoms with E-state index in [1.165, 1.54) is 0 Å². The number of fused-ring (bicyclic) bond motifs is 1. The third kappa shape index (κ3) is 4.67. The summed E-state index contributed by atoms with van der Waals surface area (Å²) >= 11 is 3.48. The summed E-state index contributed by atoms with van der Waals surface area (Å²) in [5.74, 6) is -0.156. The molecular weight excluding hydrogens is 479 g/mol. The first-order chi connectivity index (χ1) is 14.8. The van der Waals surface area contributed by atoms with Gasteiger partial charge in [-0.25, -0.2) is 9.98 Å². The predicted molar refractivity (Wildman–Crippen MR) is 113 cm³/mol. The molecule has 1 saturated carbocycles. The molecule has 1 N–H and O–H groups in total. The van der Waals surface area contributed by atoms with Gasteiger partial charge in [-0.15, -0.1) is 0 Å². The van der Waals surface area contributed by atoms with E-state index in [2.05, 4.69) is 36.3 Å². The Hall–Kier alpha value is -2.27. The fraction of sp³-hybridized carbons (Fsp3) is 0.500. The molecule has 0 saturated heterocycles. The maximum absolute atomic E-state index is 13.2. The third-order valence-corrected chi connectivity index (χ3v) is 6.02. The van der Waals surface area contributed by atoms with Crippen molar-refractivity contribution in [1.29, 1.82) is 0 Å². The second kappa shape index (κ2) is 8.70. The van der Waals surface area contributed by atoms with Crippen molar-refractivity contribution < 1.29 is 22.7 Å². The number of carbonyl (C=O) groups excluding carboxylic acids is 1. The summed E-state index contributed by atoms with van der Waals surface area (Å²) in [6, 6.07) is 2.06. The van der Waals surface area contributed by atoms with Gasteiger partial charge in [0.2, 0.25) is 0 Å². The number of nitrogens with one attached hydrogen (secondary N) is 1. The van der Waals surface area contributed by atoms with E-state index < -0.39 is 23.9 Å². The van der Waals surface area contributed by atoms with Crippen LogP contribution in [-0.2, 0) is 9.53 Å². The quantitative estimate of drug-likeness (QED) is 0.650. The average Bonchev–Trinajstić information content (AvgIpc) is 3.05. The van der Waals surface area contributed by atoms with E-state index in [0.717, 1.165) is 35.4 Å². The molecule has 1 aliphatic heterocycles. The highest BCUT2D eigenvalue weighted by atomic mass is 79.9. The van der Waals surface area contributed by atoms with E-state index in [-0.39, 0.29) is 12.1 Å². The van der Waals surface area contributed by atoms with Gasteiger partial charge in [-0.1, -0.05) is 0 Å². The fourth-order valence-corrected chi connectivity index (χ4v) is 4.48. The van der Waals surface area contributed by atoms with Crippen molar-refractivity contribution in [2.45, 2.75) is 57.0 Å². The first kappa shape index (κ1) is 21.9. The zero-order valence-corrected chi connectivity index (χ0v) is 18.3. The number of rotatable bonds is 5. The van der Waals surface area contributed by atoms with Gasteiger partial charge in [0.1, 0.15) is 16.5 Å². The molecule has 1 unspecified atom stereocenters. The van der Waals surface area contributed by atoms with Crippen molar-refractivity contribution in [3.8, 4) is 0 Å². The van der Waals surface area contributed by atoms with Crippen molar-refractivity contribution in [2.75, 3.05) is 11.9 Å². The average molecular weight is 500 g/mol. The number of hydrogen-bond donors (Lipinski definition) is 1. The summed E-state index contributed by atoms with van der Waals surface area (Å²) in [5.41, 5.74) is -0.241. The molecule has 11 heteroatoms. The molecule has 3 heterocycles. The van der Waals surface area contributed by atoms with Gasteiger partial charge in [0.05, 0.1) is 23.0 Å². The molecule has 31 heavy (non-hydrogen) atoms. The van der Waals surface area contributed by atoms with Gasteiger partial charge < -0.3 is 10.1 Å². The minimum Gasteiger partial charge on any atom is -0.370 e. The Morgan fingerprint density at radius 1 is 1.29 bits per heavy atom. The minimum absolute atomic E-state index is 0.102. The lowest BCUT2D eigenvalue weighted by Gasteiger charge is -2.32. The zero-order valence-electron chi connectivity index (χ0n) is 16.7. The van der Waals surface area contributed by atoms with Crippen LogP contribution >= 0.6 is 15.9 Å². The normalized spacial score (nSPS) is 24.5. The lowest BCUT2D eigenvalue weighted by molar-refractivity contribution is -0.115. The second-order valence-electron chi connectivity index (χ2n) is 7.53. The number of amides is 1. The Morgan fingerprint density at radius 2 is 2.03 bits per heavy atom. The van der Waals surface area contributed by atoms with Crippen LogP contribution < -0.4 is 5.32 Å². The van der Waals surface area contributed by atoms with Crippen LogP contribution in [0.25, 0.3) is 10.9 Å². The van der Waals surface area contributed by atoms with E-state index in [1.54, 1.807) is 6.20 Å².